The molecule has 2 heterocycles. The second kappa shape index (κ2) is 9.51. The molecule has 5 nitrogen and oxygen atoms in total. The normalized spacial score (nSPS) is 25.4. The highest BCUT2D eigenvalue weighted by Crippen LogP contribution is 2.39. The van der Waals surface area contributed by atoms with Crippen LogP contribution in [0.25, 0.3) is 0 Å². The number of carbonyl (C=O) groups is 2. The standard InChI is InChI=1S/C25H36N2O3/c1-2-30-24(29)25(12-10-20-6-4-3-5-7-20)13-16-26(17-14-25)23(28)11-15-27-19-21-8-9-22(27)18-21/h3-7,21-22H,2,8-19H2,1H3/t21-,22-/m1/s1. The van der Waals surface area contributed by atoms with Crippen LogP contribution in [0.15, 0.2) is 30.3 Å². The lowest BCUT2D eigenvalue weighted by molar-refractivity contribution is -0.161. The number of amides is 1. The van der Waals surface area contributed by atoms with Gasteiger partial charge in [0.1, 0.15) is 0 Å². The number of ether oxygens (including phenoxy) is 1. The van der Waals surface area contributed by atoms with Crippen LogP contribution < -0.4 is 0 Å². The zero-order valence-electron chi connectivity index (χ0n) is 18.4. The molecule has 3 fully saturated rings. The average molecular weight is 413 g/mol. The number of esters is 1. The molecule has 2 atom stereocenters. The summed E-state index contributed by atoms with van der Waals surface area (Å²) < 4.78 is 5.46. The highest BCUT2D eigenvalue weighted by Gasteiger charge is 2.43. The summed E-state index contributed by atoms with van der Waals surface area (Å²) in [7, 11) is 0. The Morgan fingerprint density at radius 1 is 1.13 bits per heavy atom. The summed E-state index contributed by atoms with van der Waals surface area (Å²) in [5.41, 5.74) is 0.788. The molecule has 164 valence electrons. The number of nitrogens with zero attached hydrogens (tertiary/aromatic N) is 2. The van der Waals surface area contributed by atoms with Crippen molar-refractivity contribution in [3.8, 4) is 0 Å². The number of rotatable bonds is 8. The second-order valence-electron chi connectivity index (χ2n) is 9.45. The third-order valence-corrected chi connectivity index (χ3v) is 7.65. The molecular weight excluding hydrogens is 376 g/mol. The van der Waals surface area contributed by atoms with Crippen molar-refractivity contribution < 1.29 is 14.3 Å². The van der Waals surface area contributed by atoms with E-state index in [0.717, 1.165) is 31.3 Å². The molecular formula is C25H36N2O3. The summed E-state index contributed by atoms with van der Waals surface area (Å²) in [6.07, 6.45) is 7.70. The van der Waals surface area contributed by atoms with Gasteiger partial charge in [0.05, 0.1) is 12.0 Å². The first-order valence-corrected chi connectivity index (χ1v) is 11.8. The van der Waals surface area contributed by atoms with Crippen LogP contribution in [0.1, 0.15) is 57.4 Å². The van der Waals surface area contributed by atoms with Gasteiger partial charge in [-0.15, -0.1) is 0 Å². The van der Waals surface area contributed by atoms with Crippen LogP contribution in [-0.4, -0.2) is 60.5 Å². The van der Waals surface area contributed by atoms with Crippen molar-refractivity contribution >= 4 is 11.9 Å². The van der Waals surface area contributed by atoms with Crippen LogP contribution in [0.3, 0.4) is 0 Å². The molecule has 0 N–H and O–H groups in total. The third-order valence-electron chi connectivity index (χ3n) is 7.65. The van der Waals surface area contributed by atoms with Gasteiger partial charge in [0.2, 0.25) is 5.91 Å². The summed E-state index contributed by atoms with van der Waals surface area (Å²) in [4.78, 5) is 30.2. The Hall–Kier alpha value is -1.88. The van der Waals surface area contributed by atoms with Gasteiger partial charge < -0.3 is 9.64 Å². The summed E-state index contributed by atoms with van der Waals surface area (Å²) in [6.45, 7) is 5.69. The van der Waals surface area contributed by atoms with Gasteiger partial charge in [-0.25, -0.2) is 0 Å². The number of benzene rings is 1. The minimum absolute atomic E-state index is 0.0823. The third kappa shape index (κ3) is 4.72. The van der Waals surface area contributed by atoms with E-state index in [1.165, 1.54) is 31.4 Å². The van der Waals surface area contributed by atoms with E-state index in [2.05, 4.69) is 17.0 Å². The SMILES string of the molecule is CCOC(=O)C1(CCc2ccccc2)CCN(C(=O)CCN2C[C@@H]3CC[C@@H]2C3)CC1. The molecule has 5 heteroatoms. The molecule has 30 heavy (non-hydrogen) atoms. The quantitative estimate of drug-likeness (QED) is 0.612. The molecule has 2 saturated heterocycles. The van der Waals surface area contributed by atoms with E-state index in [1.54, 1.807) is 0 Å². The Bertz CT molecular complexity index is 727. The van der Waals surface area contributed by atoms with Crippen LogP contribution in [0.4, 0.5) is 0 Å². The number of likely N-dealkylation sites (tertiary alicyclic amines) is 2. The van der Waals surface area contributed by atoms with E-state index in [0.29, 0.717) is 39.0 Å². The zero-order chi connectivity index (χ0) is 21.0. The maximum absolute atomic E-state index is 12.9. The average Bonchev–Trinajstić information content (AvgIpc) is 3.41. The Labute approximate surface area is 180 Å². The molecule has 1 aliphatic carbocycles. The number of hydrogen-bond acceptors (Lipinski definition) is 4. The monoisotopic (exact) mass is 412 g/mol. The van der Waals surface area contributed by atoms with E-state index >= 15 is 0 Å². The second-order valence-corrected chi connectivity index (χ2v) is 9.45. The molecule has 0 unspecified atom stereocenters. The molecule has 1 aromatic rings. The van der Waals surface area contributed by atoms with Crippen molar-refractivity contribution in [2.45, 2.75) is 64.3 Å². The summed E-state index contributed by atoms with van der Waals surface area (Å²) in [6, 6.07) is 11.0. The first-order valence-electron chi connectivity index (χ1n) is 11.8. The fourth-order valence-electron chi connectivity index (χ4n) is 5.75. The summed E-state index contributed by atoms with van der Waals surface area (Å²) in [5, 5.41) is 0. The minimum atomic E-state index is -0.462. The Morgan fingerprint density at radius 2 is 1.90 bits per heavy atom. The Kier molecular flexibility index (Phi) is 6.77. The largest absolute Gasteiger partial charge is 0.466 e. The molecule has 3 aliphatic rings. The number of hydrogen-bond donors (Lipinski definition) is 0. The van der Waals surface area contributed by atoms with Gasteiger partial charge in [-0.1, -0.05) is 30.3 Å². The van der Waals surface area contributed by atoms with Crippen molar-refractivity contribution in [3.05, 3.63) is 35.9 Å². The van der Waals surface area contributed by atoms with Gasteiger partial charge in [-0.3, -0.25) is 14.5 Å². The smallest absolute Gasteiger partial charge is 0.312 e. The minimum Gasteiger partial charge on any atom is -0.466 e. The van der Waals surface area contributed by atoms with Gasteiger partial charge in [0.15, 0.2) is 0 Å². The molecule has 0 aromatic heterocycles. The fraction of sp³-hybridized carbons (Fsp3) is 0.680. The van der Waals surface area contributed by atoms with Crippen LogP contribution >= 0.6 is 0 Å². The first kappa shape index (κ1) is 21.4. The van der Waals surface area contributed by atoms with Crippen LogP contribution in [0, 0.1) is 11.3 Å². The highest BCUT2D eigenvalue weighted by molar-refractivity contribution is 5.79. The Morgan fingerprint density at radius 3 is 2.53 bits per heavy atom. The molecule has 0 spiro atoms. The number of carbonyl (C=O) groups excluding carboxylic acids is 2. The predicted octanol–water partition coefficient (Wildman–Crippen LogP) is 3.67. The first-order chi connectivity index (χ1) is 14.6. The number of aryl methyl sites for hydroxylation is 1. The lowest BCUT2D eigenvalue weighted by Gasteiger charge is -2.40. The summed E-state index contributed by atoms with van der Waals surface area (Å²) in [5.74, 6) is 1.04. The van der Waals surface area contributed by atoms with Crippen molar-refractivity contribution in [1.29, 1.82) is 0 Å². The predicted molar refractivity (Wildman–Crippen MR) is 117 cm³/mol. The summed E-state index contributed by atoms with van der Waals surface area (Å²) >= 11 is 0. The van der Waals surface area contributed by atoms with Crippen molar-refractivity contribution in [2.24, 2.45) is 11.3 Å². The Balaban J connectivity index is 1.30. The zero-order valence-corrected chi connectivity index (χ0v) is 18.4. The number of piperidine rings is 2. The molecule has 1 amide bonds. The maximum atomic E-state index is 12.9. The van der Waals surface area contributed by atoms with E-state index in [-0.39, 0.29) is 11.9 Å². The molecule has 0 radical (unpaired) electrons. The molecule has 1 aromatic carbocycles. The topological polar surface area (TPSA) is 49.9 Å². The van der Waals surface area contributed by atoms with Gasteiger partial charge in [-0.2, -0.15) is 0 Å². The van der Waals surface area contributed by atoms with E-state index in [1.807, 2.05) is 30.0 Å². The fourth-order valence-corrected chi connectivity index (χ4v) is 5.75. The lowest BCUT2D eigenvalue weighted by atomic mass is 9.74. The van der Waals surface area contributed by atoms with Gasteiger partial charge in [0, 0.05) is 38.6 Å². The molecule has 1 saturated carbocycles. The van der Waals surface area contributed by atoms with Gasteiger partial charge >= 0.3 is 5.97 Å². The lowest BCUT2D eigenvalue weighted by Crippen LogP contribution is -2.48. The van der Waals surface area contributed by atoms with Gasteiger partial charge in [-0.05, 0) is 63.4 Å². The maximum Gasteiger partial charge on any atom is 0.312 e. The van der Waals surface area contributed by atoms with Crippen molar-refractivity contribution in [2.75, 3.05) is 32.8 Å². The van der Waals surface area contributed by atoms with E-state index in [4.69, 9.17) is 4.74 Å². The van der Waals surface area contributed by atoms with E-state index in [9.17, 15) is 9.59 Å². The van der Waals surface area contributed by atoms with Crippen molar-refractivity contribution in [3.63, 3.8) is 0 Å². The van der Waals surface area contributed by atoms with E-state index < -0.39 is 5.41 Å². The number of fused-ring (bicyclic) bond motifs is 2. The van der Waals surface area contributed by atoms with Crippen LogP contribution in [-0.2, 0) is 20.7 Å². The van der Waals surface area contributed by atoms with Crippen LogP contribution in [0.5, 0.6) is 0 Å². The molecule has 4 rings (SSSR count). The van der Waals surface area contributed by atoms with Gasteiger partial charge in [0.25, 0.3) is 0 Å². The van der Waals surface area contributed by atoms with Crippen molar-refractivity contribution in [1.82, 2.24) is 9.80 Å². The molecule has 2 aliphatic heterocycles. The van der Waals surface area contributed by atoms with Crippen LogP contribution in [0.2, 0.25) is 0 Å². The highest BCUT2D eigenvalue weighted by atomic mass is 16.5. The molecule has 2 bridgehead atoms.